The fourth-order valence-corrected chi connectivity index (χ4v) is 3.93. The van der Waals surface area contributed by atoms with Gasteiger partial charge in [0.2, 0.25) is 0 Å². The van der Waals surface area contributed by atoms with Gasteiger partial charge in [-0.2, -0.15) is 0 Å². The van der Waals surface area contributed by atoms with Crippen molar-refractivity contribution in [3.63, 3.8) is 0 Å². The molecule has 4 rings (SSSR count). The van der Waals surface area contributed by atoms with E-state index in [1.807, 2.05) is 13.0 Å². The van der Waals surface area contributed by atoms with Gasteiger partial charge in [-0.1, -0.05) is 12.1 Å². The summed E-state index contributed by atoms with van der Waals surface area (Å²) in [7, 11) is 0. The highest BCUT2D eigenvalue weighted by Crippen LogP contribution is 2.42. The number of amides is 1. The minimum Gasteiger partial charge on any atom is -0.362 e. The minimum absolute atomic E-state index is 0.0474. The van der Waals surface area contributed by atoms with Gasteiger partial charge in [-0.15, -0.1) is 0 Å². The lowest BCUT2D eigenvalue weighted by atomic mass is 9.75. The maximum absolute atomic E-state index is 13.5. The number of anilines is 1. The number of carbonyl (C=O) groups is 2. The standard InChI is InChI=1S/C22H20FN3O2/c1-13-19(22(28)26-16-7-2-6-15(23)11-16)20(14-5-4-10-24-12-14)21-17(25-13)8-3-9-18(21)27/h2,4-7,10-12,20,25H,3,8-9H2,1H3,(H,26,28)/t20-/m1/s1. The number of hydrogen-bond acceptors (Lipinski definition) is 4. The molecule has 1 atom stereocenters. The number of benzene rings is 1. The van der Waals surface area contributed by atoms with E-state index in [1.165, 1.54) is 18.2 Å². The third kappa shape index (κ3) is 3.33. The molecule has 0 saturated heterocycles. The first-order valence-electron chi connectivity index (χ1n) is 9.25. The average molecular weight is 377 g/mol. The maximum Gasteiger partial charge on any atom is 0.254 e. The molecule has 1 aromatic heterocycles. The largest absolute Gasteiger partial charge is 0.362 e. The van der Waals surface area contributed by atoms with Gasteiger partial charge in [0.15, 0.2) is 5.78 Å². The molecule has 2 heterocycles. The van der Waals surface area contributed by atoms with Crippen LogP contribution in [0.4, 0.5) is 10.1 Å². The quantitative estimate of drug-likeness (QED) is 0.853. The maximum atomic E-state index is 13.5. The number of pyridine rings is 1. The summed E-state index contributed by atoms with van der Waals surface area (Å²) in [5.74, 6) is -1.24. The van der Waals surface area contributed by atoms with Crippen molar-refractivity contribution in [2.24, 2.45) is 0 Å². The lowest BCUT2D eigenvalue weighted by molar-refractivity contribution is -0.116. The van der Waals surface area contributed by atoms with Gasteiger partial charge in [0.25, 0.3) is 5.91 Å². The Bertz CT molecular complexity index is 1010. The van der Waals surface area contributed by atoms with Crippen LogP contribution in [0.5, 0.6) is 0 Å². The summed E-state index contributed by atoms with van der Waals surface area (Å²) in [6.45, 7) is 1.83. The lowest BCUT2D eigenvalue weighted by Gasteiger charge is -2.34. The Labute approximate surface area is 162 Å². The molecule has 0 saturated carbocycles. The number of ketones is 1. The van der Waals surface area contributed by atoms with E-state index in [0.717, 1.165) is 24.1 Å². The second-order valence-corrected chi connectivity index (χ2v) is 7.02. The number of hydrogen-bond donors (Lipinski definition) is 2. The van der Waals surface area contributed by atoms with Crippen LogP contribution in [0.15, 0.2) is 71.3 Å². The van der Waals surface area contributed by atoms with Crippen molar-refractivity contribution in [3.8, 4) is 0 Å². The van der Waals surface area contributed by atoms with Gasteiger partial charge < -0.3 is 10.6 Å². The van der Waals surface area contributed by atoms with Crippen molar-refractivity contribution in [2.45, 2.75) is 32.1 Å². The normalized spacial score (nSPS) is 19.2. The van der Waals surface area contributed by atoms with E-state index in [0.29, 0.717) is 29.0 Å². The Balaban J connectivity index is 1.77. The lowest BCUT2D eigenvalue weighted by Crippen LogP contribution is -2.35. The Morgan fingerprint density at radius 1 is 1.25 bits per heavy atom. The Hall–Kier alpha value is -3.28. The molecule has 1 aliphatic carbocycles. The van der Waals surface area contributed by atoms with Gasteiger partial charge in [0, 0.05) is 53.0 Å². The number of dihydropyridines is 1. The van der Waals surface area contributed by atoms with Crippen LogP contribution in [0.2, 0.25) is 0 Å². The van der Waals surface area contributed by atoms with Crippen molar-refractivity contribution in [3.05, 3.63) is 82.7 Å². The van der Waals surface area contributed by atoms with Gasteiger partial charge in [-0.25, -0.2) is 4.39 Å². The van der Waals surface area contributed by atoms with Crippen molar-refractivity contribution < 1.29 is 14.0 Å². The first-order valence-corrected chi connectivity index (χ1v) is 9.25. The predicted molar refractivity (Wildman–Crippen MR) is 104 cm³/mol. The summed E-state index contributed by atoms with van der Waals surface area (Å²) in [6.07, 6.45) is 5.38. The molecule has 0 bridgehead atoms. The van der Waals surface area contributed by atoms with Crippen LogP contribution >= 0.6 is 0 Å². The van der Waals surface area contributed by atoms with Crippen LogP contribution in [-0.4, -0.2) is 16.7 Å². The summed E-state index contributed by atoms with van der Waals surface area (Å²) < 4.78 is 13.5. The summed E-state index contributed by atoms with van der Waals surface area (Å²) in [5.41, 5.74) is 3.81. The molecule has 0 unspecified atom stereocenters. The molecule has 28 heavy (non-hydrogen) atoms. The van der Waals surface area contributed by atoms with E-state index in [4.69, 9.17) is 0 Å². The molecule has 6 heteroatoms. The third-order valence-electron chi connectivity index (χ3n) is 5.12. The minimum atomic E-state index is -0.494. The second-order valence-electron chi connectivity index (χ2n) is 7.02. The smallest absolute Gasteiger partial charge is 0.254 e. The average Bonchev–Trinajstić information content (AvgIpc) is 2.67. The highest BCUT2D eigenvalue weighted by Gasteiger charge is 2.38. The Morgan fingerprint density at radius 3 is 2.86 bits per heavy atom. The zero-order chi connectivity index (χ0) is 19.7. The van der Waals surface area contributed by atoms with Crippen LogP contribution in [0.25, 0.3) is 0 Å². The van der Waals surface area contributed by atoms with E-state index >= 15 is 0 Å². The van der Waals surface area contributed by atoms with E-state index < -0.39 is 11.7 Å². The molecule has 142 valence electrons. The van der Waals surface area contributed by atoms with Crippen molar-refractivity contribution in [1.29, 1.82) is 0 Å². The zero-order valence-electron chi connectivity index (χ0n) is 15.5. The van der Waals surface area contributed by atoms with Crippen LogP contribution in [0.3, 0.4) is 0 Å². The van der Waals surface area contributed by atoms with Crippen LogP contribution in [0, 0.1) is 5.82 Å². The summed E-state index contributed by atoms with van der Waals surface area (Å²) in [4.78, 5) is 30.1. The van der Waals surface area contributed by atoms with Gasteiger partial charge in [-0.05, 0) is 49.6 Å². The predicted octanol–water partition coefficient (Wildman–Crippen LogP) is 3.83. The van der Waals surface area contributed by atoms with Crippen molar-refractivity contribution in [2.75, 3.05) is 5.32 Å². The number of nitrogens with one attached hydrogen (secondary N) is 2. The molecular formula is C22H20FN3O2. The number of Topliss-reactive ketones (excluding diaryl/α,β-unsaturated/α-hetero) is 1. The second kappa shape index (κ2) is 7.38. The molecule has 1 aromatic carbocycles. The SMILES string of the molecule is CC1=C(C(=O)Nc2cccc(F)c2)[C@@H](c2cccnc2)C2=C(CCCC2=O)N1. The molecule has 2 aliphatic rings. The molecule has 1 amide bonds. The highest BCUT2D eigenvalue weighted by molar-refractivity contribution is 6.09. The number of aromatic nitrogens is 1. The molecule has 2 N–H and O–H groups in total. The first kappa shape index (κ1) is 18.1. The monoisotopic (exact) mass is 377 g/mol. The van der Waals surface area contributed by atoms with E-state index in [-0.39, 0.29) is 11.7 Å². The van der Waals surface area contributed by atoms with Crippen LogP contribution in [0.1, 0.15) is 37.7 Å². The Kier molecular flexibility index (Phi) is 4.77. The van der Waals surface area contributed by atoms with Crippen LogP contribution < -0.4 is 10.6 Å². The molecule has 2 aromatic rings. The molecule has 1 aliphatic heterocycles. The van der Waals surface area contributed by atoms with E-state index in [1.54, 1.807) is 24.5 Å². The van der Waals surface area contributed by atoms with Gasteiger partial charge in [0.05, 0.1) is 0 Å². The third-order valence-corrected chi connectivity index (χ3v) is 5.12. The van der Waals surface area contributed by atoms with Crippen molar-refractivity contribution in [1.82, 2.24) is 10.3 Å². The molecule has 0 spiro atoms. The molecule has 5 nitrogen and oxygen atoms in total. The molecule has 0 fully saturated rings. The topological polar surface area (TPSA) is 71.1 Å². The number of carbonyl (C=O) groups excluding carboxylic acids is 2. The highest BCUT2D eigenvalue weighted by atomic mass is 19.1. The number of rotatable bonds is 3. The fraction of sp³-hybridized carbons (Fsp3) is 0.227. The Morgan fingerprint density at radius 2 is 2.11 bits per heavy atom. The first-order chi connectivity index (χ1) is 13.5. The van der Waals surface area contributed by atoms with Gasteiger partial charge >= 0.3 is 0 Å². The van der Waals surface area contributed by atoms with Crippen LogP contribution in [-0.2, 0) is 9.59 Å². The summed E-state index contributed by atoms with van der Waals surface area (Å²) in [6, 6.07) is 9.41. The van der Waals surface area contributed by atoms with E-state index in [2.05, 4.69) is 15.6 Å². The fourth-order valence-electron chi connectivity index (χ4n) is 3.93. The number of allylic oxidation sites excluding steroid dienone is 3. The van der Waals surface area contributed by atoms with E-state index in [9.17, 15) is 14.0 Å². The molecular weight excluding hydrogens is 357 g/mol. The zero-order valence-corrected chi connectivity index (χ0v) is 15.5. The number of halogens is 1. The summed E-state index contributed by atoms with van der Waals surface area (Å²) >= 11 is 0. The van der Waals surface area contributed by atoms with Gasteiger partial charge in [0.1, 0.15) is 5.82 Å². The summed E-state index contributed by atoms with van der Waals surface area (Å²) in [5, 5.41) is 6.02. The number of nitrogens with zero attached hydrogens (tertiary/aromatic N) is 1. The van der Waals surface area contributed by atoms with Crippen molar-refractivity contribution >= 4 is 17.4 Å². The van der Waals surface area contributed by atoms with Gasteiger partial charge in [-0.3, -0.25) is 14.6 Å². The molecule has 0 radical (unpaired) electrons.